The fraction of sp³-hybridized carbons (Fsp3) is 0.250. The highest BCUT2D eigenvalue weighted by atomic mass is 16.5. The van der Waals surface area contributed by atoms with Gasteiger partial charge in [-0.1, -0.05) is 11.8 Å². The molecule has 5 nitrogen and oxygen atoms in total. The number of nitrogen functional groups attached to an aromatic ring is 1. The third kappa shape index (κ3) is 3.48. The summed E-state index contributed by atoms with van der Waals surface area (Å²) in [4.78, 5) is 11.6. The molecule has 1 aromatic carbocycles. The first-order valence-electron chi connectivity index (χ1n) is 5.05. The summed E-state index contributed by atoms with van der Waals surface area (Å²) in [5.74, 6) is 11.1. The molecule has 1 amide bonds. The molecule has 0 aliphatic carbocycles. The number of nitrogens with two attached hydrogens (primary N) is 1. The topological polar surface area (TPSA) is 76.4 Å². The minimum atomic E-state index is -0.391. The second-order valence-corrected chi connectivity index (χ2v) is 3.22. The van der Waals surface area contributed by atoms with Crippen LogP contribution in [-0.4, -0.2) is 26.6 Å². The number of amides is 1. The van der Waals surface area contributed by atoms with Gasteiger partial charge in [0, 0.05) is 5.56 Å². The number of ether oxygens (including phenoxy) is 1. The number of benzene rings is 1. The third-order valence-electron chi connectivity index (χ3n) is 2.09. The molecule has 1 rings (SSSR count). The predicted octanol–water partition coefficient (Wildman–Crippen LogP) is -0.130. The summed E-state index contributed by atoms with van der Waals surface area (Å²) < 4.78 is 5.05. The van der Waals surface area contributed by atoms with Crippen LogP contribution in [0.15, 0.2) is 18.2 Å². The maximum absolute atomic E-state index is 11.6. The molecular weight excluding hydrogens is 218 g/mol. The Morgan fingerprint density at radius 3 is 2.88 bits per heavy atom. The fourth-order valence-electron chi connectivity index (χ4n) is 1.25. The van der Waals surface area contributed by atoms with E-state index in [4.69, 9.17) is 10.6 Å². The van der Waals surface area contributed by atoms with Gasteiger partial charge in [-0.15, -0.1) is 0 Å². The van der Waals surface area contributed by atoms with Crippen LogP contribution < -0.4 is 21.3 Å². The number of hydrazine groups is 1. The van der Waals surface area contributed by atoms with E-state index in [0.717, 1.165) is 0 Å². The van der Waals surface area contributed by atoms with Crippen molar-refractivity contribution in [1.82, 2.24) is 10.7 Å². The highest BCUT2D eigenvalue weighted by Crippen LogP contribution is 2.16. The molecule has 17 heavy (non-hydrogen) atoms. The highest BCUT2D eigenvalue weighted by Gasteiger charge is 2.10. The van der Waals surface area contributed by atoms with E-state index in [1.807, 2.05) is 0 Å². The van der Waals surface area contributed by atoms with Crippen molar-refractivity contribution in [1.29, 1.82) is 0 Å². The third-order valence-corrected chi connectivity index (χ3v) is 2.09. The Morgan fingerprint density at radius 1 is 1.53 bits per heavy atom. The van der Waals surface area contributed by atoms with Crippen molar-refractivity contribution in [3.63, 3.8) is 0 Å². The van der Waals surface area contributed by atoms with E-state index in [2.05, 4.69) is 22.6 Å². The van der Waals surface area contributed by atoms with Crippen LogP contribution in [-0.2, 0) is 0 Å². The van der Waals surface area contributed by atoms with Gasteiger partial charge in [-0.25, -0.2) is 5.84 Å². The number of methoxy groups -OCH3 is 1. The zero-order valence-electron chi connectivity index (χ0n) is 9.83. The molecule has 0 fully saturated rings. The number of carbonyl (C=O) groups is 1. The minimum Gasteiger partial charge on any atom is -0.497 e. The molecule has 0 heterocycles. The molecule has 0 aromatic heterocycles. The normalized spacial score (nSPS) is 9.12. The average Bonchev–Trinajstić information content (AvgIpc) is 2.38. The van der Waals surface area contributed by atoms with E-state index in [-0.39, 0.29) is 0 Å². The van der Waals surface area contributed by atoms with Crippen molar-refractivity contribution in [3.8, 4) is 17.6 Å². The minimum absolute atomic E-state index is 0.391. The summed E-state index contributed by atoms with van der Waals surface area (Å²) in [6.45, 7) is 0.551. The Bertz CT molecular complexity index is 461. The molecule has 0 radical (unpaired) electrons. The first-order valence-corrected chi connectivity index (χ1v) is 5.05. The van der Waals surface area contributed by atoms with Gasteiger partial charge >= 0.3 is 0 Å². The second kappa shape index (κ2) is 6.53. The zero-order chi connectivity index (χ0) is 12.7. The van der Waals surface area contributed by atoms with E-state index in [1.165, 1.54) is 7.11 Å². The molecular formula is C12H15N3O2. The van der Waals surface area contributed by atoms with Crippen molar-refractivity contribution in [3.05, 3.63) is 29.3 Å². The van der Waals surface area contributed by atoms with Crippen LogP contribution in [0.3, 0.4) is 0 Å². The van der Waals surface area contributed by atoms with E-state index in [9.17, 15) is 4.79 Å². The van der Waals surface area contributed by atoms with Gasteiger partial charge in [-0.2, -0.15) is 0 Å². The number of nitrogens with one attached hydrogen (secondary N) is 2. The second-order valence-electron chi connectivity index (χ2n) is 3.22. The van der Waals surface area contributed by atoms with Crippen molar-refractivity contribution in [2.45, 2.75) is 0 Å². The van der Waals surface area contributed by atoms with Crippen LogP contribution in [0.5, 0.6) is 5.75 Å². The van der Waals surface area contributed by atoms with Crippen molar-refractivity contribution >= 4 is 5.91 Å². The Balaban J connectivity index is 3.12. The van der Waals surface area contributed by atoms with Crippen LogP contribution in [0.4, 0.5) is 0 Å². The van der Waals surface area contributed by atoms with Crippen molar-refractivity contribution in [2.24, 2.45) is 5.84 Å². The van der Waals surface area contributed by atoms with Gasteiger partial charge in [-0.3, -0.25) is 10.2 Å². The van der Waals surface area contributed by atoms with E-state index in [0.29, 0.717) is 23.4 Å². The maximum Gasteiger partial charge on any atom is 0.266 e. The maximum atomic E-state index is 11.6. The predicted molar refractivity (Wildman–Crippen MR) is 65.5 cm³/mol. The quantitative estimate of drug-likeness (QED) is 0.294. The Hall–Kier alpha value is -2.03. The zero-order valence-corrected chi connectivity index (χ0v) is 9.83. The number of hydrogen-bond donors (Lipinski definition) is 3. The molecule has 0 aliphatic rings. The van der Waals surface area contributed by atoms with E-state index < -0.39 is 5.91 Å². The molecule has 1 aromatic rings. The summed E-state index contributed by atoms with van der Waals surface area (Å²) in [5, 5.41) is 2.90. The molecule has 0 bridgehead atoms. The Morgan fingerprint density at radius 2 is 2.29 bits per heavy atom. The first-order chi connectivity index (χ1) is 8.22. The van der Waals surface area contributed by atoms with Gasteiger partial charge in [0.15, 0.2) is 0 Å². The lowest BCUT2D eigenvalue weighted by molar-refractivity contribution is 0.0953. The van der Waals surface area contributed by atoms with Gasteiger partial charge in [0.05, 0.1) is 19.2 Å². The SMILES string of the molecule is CNCC#Cc1ccc(OC)cc1C(=O)NN. The Kier molecular flexibility index (Phi) is 5.01. The first kappa shape index (κ1) is 13.0. The van der Waals surface area contributed by atoms with Gasteiger partial charge in [-0.05, 0) is 25.2 Å². The van der Waals surface area contributed by atoms with Crippen molar-refractivity contribution < 1.29 is 9.53 Å². The van der Waals surface area contributed by atoms with Crippen molar-refractivity contribution in [2.75, 3.05) is 20.7 Å². The van der Waals surface area contributed by atoms with Gasteiger partial charge in [0.1, 0.15) is 5.75 Å². The molecule has 0 saturated carbocycles. The summed E-state index contributed by atoms with van der Waals surface area (Å²) in [5.41, 5.74) is 3.10. The lowest BCUT2D eigenvalue weighted by atomic mass is 10.1. The van der Waals surface area contributed by atoms with E-state index in [1.54, 1.807) is 25.2 Å². The standard InChI is InChI=1S/C12H15N3O2/c1-14-7-3-4-9-5-6-10(17-2)8-11(9)12(16)15-13/h5-6,8,14H,7,13H2,1-2H3,(H,15,16). The molecule has 0 atom stereocenters. The molecule has 4 N–H and O–H groups in total. The van der Waals surface area contributed by atoms with Gasteiger partial charge < -0.3 is 10.1 Å². The van der Waals surface area contributed by atoms with Crippen LogP contribution >= 0.6 is 0 Å². The smallest absolute Gasteiger partial charge is 0.266 e. The number of carbonyl (C=O) groups excluding carboxylic acids is 1. The largest absolute Gasteiger partial charge is 0.497 e. The molecule has 0 unspecified atom stereocenters. The van der Waals surface area contributed by atoms with Crippen LogP contribution in [0.2, 0.25) is 0 Å². The van der Waals surface area contributed by atoms with Gasteiger partial charge in [0.25, 0.3) is 5.91 Å². The lowest BCUT2D eigenvalue weighted by Crippen LogP contribution is -2.30. The van der Waals surface area contributed by atoms with Gasteiger partial charge in [0.2, 0.25) is 0 Å². The highest BCUT2D eigenvalue weighted by molar-refractivity contribution is 5.96. The monoisotopic (exact) mass is 233 g/mol. The van der Waals surface area contributed by atoms with Crippen LogP contribution in [0, 0.1) is 11.8 Å². The number of rotatable bonds is 3. The average molecular weight is 233 g/mol. The Labute approximate surface area is 100 Å². The fourth-order valence-corrected chi connectivity index (χ4v) is 1.25. The summed E-state index contributed by atoms with van der Waals surface area (Å²) in [6.07, 6.45) is 0. The summed E-state index contributed by atoms with van der Waals surface area (Å²) >= 11 is 0. The van der Waals surface area contributed by atoms with Crippen LogP contribution in [0.1, 0.15) is 15.9 Å². The number of hydrogen-bond acceptors (Lipinski definition) is 4. The molecule has 0 aliphatic heterocycles. The lowest BCUT2D eigenvalue weighted by Gasteiger charge is -2.06. The van der Waals surface area contributed by atoms with E-state index >= 15 is 0 Å². The summed E-state index contributed by atoms with van der Waals surface area (Å²) in [6, 6.07) is 5.08. The van der Waals surface area contributed by atoms with Crippen LogP contribution in [0.25, 0.3) is 0 Å². The molecule has 0 spiro atoms. The molecule has 90 valence electrons. The molecule has 0 saturated heterocycles. The summed E-state index contributed by atoms with van der Waals surface area (Å²) in [7, 11) is 3.34. The molecule has 5 heteroatoms.